The quantitative estimate of drug-likeness (QED) is 0.170. The van der Waals surface area contributed by atoms with Crippen LogP contribution in [0.1, 0.15) is 54.5 Å². The van der Waals surface area contributed by atoms with Crippen LogP contribution in [0.25, 0.3) is 11.1 Å². The third-order valence-electron chi connectivity index (χ3n) is 8.60. The van der Waals surface area contributed by atoms with Crippen molar-refractivity contribution in [2.75, 3.05) is 11.9 Å². The second-order valence-corrected chi connectivity index (χ2v) is 18.7. The van der Waals surface area contributed by atoms with Crippen molar-refractivity contribution in [1.82, 2.24) is 29.9 Å². The van der Waals surface area contributed by atoms with Crippen LogP contribution in [0.3, 0.4) is 0 Å². The molecule has 42 heavy (non-hydrogen) atoms. The number of carbonyl (C=O) groups excluding carboxylic acids is 2. The van der Waals surface area contributed by atoms with Gasteiger partial charge in [0.25, 0.3) is 5.91 Å². The van der Waals surface area contributed by atoms with Crippen molar-refractivity contribution in [3.05, 3.63) is 47.4 Å². The van der Waals surface area contributed by atoms with E-state index in [4.69, 9.17) is 4.74 Å². The van der Waals surface area contributed by atoms with Crippen LogP contribution in [0.2, 0.25) is 25.7 Å². The molecule has 10 nitrogen and oxygen atoms in total. The maximum atomic E-state index is 15.4. The van der Waals surface area contributed by atoms with Crippen molar-refractivity contribution in [3.63, 3.8) is 0 Å². The molecule has 2 fully saturated rings. The van der Waals surface area contributed by atoms with Gasteiger partial charge in [-0.05, 0) is 82.0 Å². The molecule has 0 bridgehead atoms. The number of hydrogen-bond donors (Lipinski definition) is 2. The first kappa shape index (κ1) is 30.1. The van der Waals surface area contributed by atoms with Gasteiger partial charge < -0.3 is 15.4 Å². The van der Waals surface area contributed by atoms with Crippen LogP contribution in [0.15, 0.2) is 24.4 Å². The molecule has 12 heteroatoms. The van der Waals surface area contributed by atoms with E-state index in [2.05, 4.69) is 45.5 Å². The number of aromatic nitrogens is 5. The highest BCUT2D eigenvalue weighted by Gasteiger charge is 2.56. The van der Waals surface area contributed by atoms with Crippen molar-refractivity contribution in [1.29, 1.82) is 0 Å². The second-order valence-electron chi connectivity index (χ2n) is 13.1. The summed E-state index contributed by atoms with van der Waals surface area (Å²) in [6, 6.07) is 5.14. The average Bonchev–Trinajstić information content (AvgIpc) is 3.47. The lowest BCUT2D eigenvalue weighted by Gasteiger charge is -2.40. The minimum atomic E-state index is -1.20. The number of carbonyl (C=O) groups is 2. The lowest BCUT2D eigenvalue weighted by atomic mass is 9.68. The van der Waals surface area contributed by atoms with E-state index in [1.54, 1.807) is 33.8 Å². The third kappa shape index (κ3) is 6.49. The Bertz CT molecular complexity index is 1470. The molecule has 2 aliphatic rings. The minimum Gasteiger partial charge on any atom is -0.360 e. The van der Waals surface area contributed by atoms with E-state index in [0.29, 0.717) is 47.8 Å². The molecule has 2 N–H and O–H groups in total. The molecule has 2 aliphatic carbocycles. The van der Waals surface area contributed by atoms with E-state index in [-0.39, 0.29) is 17.6 Å². The maximum absolute atomic E-state index is 15.4. The van der Waals surface area contributed by atoms with Crippen molar-refractivity contribution >= 4 is 25.7 Å². The number of aryl methyl sites for hydroxylation is 2. The fourth-order valence-electron chi connectivity index (χ4n) is 5.90. The highest BCUT2D eigenvalue weighted by molar-refractivity contribution is 6.76. The summed E-state index contributed by atoms with van der Waals surface area (Å²) in [5.41, 5.74) is 3.16. The van der Waals surface area contributed by atoms with Crippen LogP contribution in [0.4, 0.5) is 10.2 Å². The highest BCUT2D eigenvalue weighted by Crippen LogP contribution is 2.64. The smallest absolute Gasteiger partial charge is 0.270 e. The second kappa shape index (κ2) is 11.7. The summed E-state index contributed by atoms with van der Waals surface area (Å²) in [7, 11) is -1.20. The number of rotatable bonds is 12. The zero-order valence-corrected chi connectivity index (χ0v) is 26.5. The number of pyridine rings is 1. The molecule has 226 valence electrons. The molecule has 0 radical (unpaired) electrons. The Morgan fingerprint density at radius 1 is 1.17 bits per heavy atom. The van der Waals surface area contributed by atoms with Crippen LogP contribution in [0.5, 0.6) is 0 Å². The van der Waals surface area contributed by atoms with Gasteiger partial charge >= 0.3 is 0 Å². The van der Waals surface area contributed by atoms with Crippen LogP contribution < -0.4 is 10.6 Å². The van der Waals surface area contributed by atoms with E-state index < -0.39 is 26.0 Å². The lowest BCUT2D eigenvalue weighted by molar-refractivity contribution is -0.120. The SMILES string of the molecule is CCn1nccc1C(=O)N[C@H](C(=O)Nc1ccc(-c2c(C)nn(COCC[Si](C)(C)C)c2C)c(F)n1)C1CC2(CC2)C1. The molecular formula is C30H42FN7O3Si. The molecule has 0 saturated heterocycles. The topological polar surface area (TPSA) is 116 Å². The molecule has 1 spiro atoms. The van der Waals surface area contributed by atoms with Crippen LogP contribution in [-0.4, -0.2) is 57.1 Å². The van der Waals surface area contributed by atoms with E-state index in [1.807, 2.05) is 20.8 Å². The van der Waals surface area contributed by atoms with Gasteiger partial charge in [-0.2, -0.15) is 14.6 Å². The Kier molecular flexibility index (Phi) is 8.39. The van der Waals surface area contributed by atoms with Crippen molar-refractivity contribution in [3.8, 4) is 11.1 Å². The van der Waals surface area contributed by atoms with Crippen molar-refractivity contribution in [2.24, 2.45) is 11.3 Å². The Morgan fingerprint density at radius 2 is 1.90 bits per heavy atom. The van der Waals surface area contributed by atoms with E-state index in [9.17, 15) is 9.59 Å². The molecule has 0 aromatic carbocycles. The van der Waals surface area contributed by atoms with Crippen molar-refractivity contribution < 1.29 is 18.7 Å². The first-order valence-electron chi connectivity index (χ1n) is 14.8. The minimum absolute atomic E-state index is 0.0164. The first-order valence-corrected chi connectivity index (χ1v) is 18.5. The number of nitrogens with zero attached hydrogens (tertiary/aromatic N) is 5. The molecule has 3 aromatic heterocycles. The monoisotopic (exact) mass is 595 g/mol. The Balaban J connectivity index is 1.28. The summed E-state index contributed by atoms with van der Waals surface area (Å²) in [5.74, 6) is -1.35. The van der Waals surface area contributed by atoms with Gasteiger partial charge in [0.05, 0.1) is 5.69 Å². The predicted octanol–water partition coefficient (Wildman–Crippen LogP) is 5.16. The van der Waals surface area contributed by atoms with Gasteiger partial charge in [-0.25, -0.2) is 9.67 Å². The summed E-state index contributed by atoms with van der Waals surface area (Å²) >= 11 is 0. The largest absolute Gasteiger partial charge is 0.360 e. The number of anilines is 1. The lowest BCUT2D eigenvalue weighted by Crippen LogP contribution is -2.53. The molecule has 2 amide bonds. The van der Waals surface area contributed by atoms with Crippen LogP contribution >= 0.6 is 0 Å². The average molecular weight is 596 g/mol. The predicted molar refractivity (Wildman–Crippen MR) is 161 cm³/mol. The molecular weight excluding hydrogens is 553 g/mol. The van der Waals surface area contributed by atoms with E-state index in [1.165, 1.54) is 12.8 Å². The summed E-state index contributed by atoms with van der Waals surface area (Å²) < 4.78 is 24.6. The van der Waals surface area contributed by atoms with Gasteiger partial charge in [0.15, 0.2) is 0 Å². The number of hydrogen-bond acceptors (Lipinski definition) is 6. The molecule has 2 saturated carbocycles. The highest BCUT2D eigenvalue weighted by atomic mass is 28.3. The molecule has 1 atom stereocenters. The Labute approximate surface area is 247 Å². The summed E-state index contributed by atoms with van der Waals surface area (Å²) in [6.45, 7) is 14.0. The molecule has 3 aromatic rings. The van der Waals surface area contributed by atoms with E-state index >= 15 is 4.39 Å². The fraction of sp³-hybridized carbons (Fsp3) is 0.567. The van der Waals surface area contributed by atoms with Gasteiger partial charge in [-0.3, -0.25) is 14.3 Å². The van der Waals surface area contributed by atoms with Gasteiger partial charge in [0.1, 0.15) is 24.3 Å². The molecule has 0 unspecified atom stereocenters. The summed E-state index contributed by atoms with van der Waals surface area (Å²) in [5, 5.41) is 14.4. The number of halogens is 1. The zero-order chi connectivity index (χ0) is 30.2. The van der Waals surface area contributed by atoms with Gasteiger partial charge in [-0.15, -0.1) is 0 Å². The zero-order valence-electron chi connectivity index (χ0n) is 25.5. The Morgan fingerprint density at radius 3 is 2.55 bits per heavy atom. The normalized spacial score (nSPS) is 16.7. The molecule has 3 heterocycles. The van der Waals surface area contributed by atoms with Crippen LogP contribution in [-0.2, 0) is 22.8 Å². The van der Waals surface area contributed by atoms with E-state index in [0.717, 1.165) is 24.6 Å². The maximum Gasteiger partial charge on any atom is 0.270 e. The van der Waals surface area contributed by atoms with Crippen molar-refractivity contribution in [2.45, 2.75) is 91.5 Å². The third-order valence-corrected chi connectivity index (χ3v) is 10.3. The van der Waals surface area contributed by atoms with Crippen LogP contribution in [0, 0.1) is 31.1 Å². The fourth-order valence-corrected chi connectivity index (χ4v) is 6.66. The van der Waals surface area contributed by atoms with Gasteiger partial charge in [-0.1, -0.05) is 19.6 Å². The first-order chi connectivity index (χ1) is 19.9. The standard InChI is InChI=1S/C30H42FN7O3Si/c1-7-37-23(10-13-32-37)28(39)35-26(21-16-30(17-21)11-12-30)29(40)34-24-9-8-22(27(31)33-24)25-19(2)36-38(20(25)3)18-41-14-15-42(4,5)6/h8-10,13,21,26H,7,11-12,14-18H2,1-6H3,(H,35,39)(H,33,34,40)/t26-/m0/s1. The number of ether oxygens (including phenoxy) is 1. The van der Waals surface area contributed by atoms with Gasteiger partial charge in [0.2, 0.25) is 11.9 Å². The summed E-state index contributed by atoms with van der Waals surface area (Å²) in [6.07, 6.45) is 5.69. The molecule has 0 aliphatic heterocycles. The Hall–Kier alpha value is -3.38. The number of nitrogens with one attached hydrogen (secondary N) is 2. The number of amides is 2. The molecule has 5 rings (SSSR count). The van der Waals surface area contributed by atoms with Gasteiger partial charge in [0, 0.05) is 44.2 Å². The summed E-state index contributed by atoms with van der Waals surface area (Å²) in [4.78, 5) is 30.6.